The molecule has 0 radical (unpaired) electrons. The highest BCUT2D eigenvalue weighted by molar-refractivity contribution is 5.87. The van der Waals surface area contributed by atoms with Crippen LogP contribution in [0.1, 0.15) is 90.9 Å². The zero-order valence-electron chi connectivity index (χ0n) is 19.0. The Hall–Kier alpha value is -0.940. The lowest BCUT2D eigenvalue weighted by Gasteiger charge is -2.60. The number of nitrogens with two attached hydrogens (primary N) is 2. The summed E-state index contributed by atoms with van der Waals surface area (Å²) in [6.45, 7) is 5.40. The summed E-state index contributed by atoms with van der Waals surface area (Å²) in [6, 6.07) is -0.517. The summed E-state index contributed by atoms with van der Waals surface area (Å²) in [7, 11) is 0. The van der Waals surface area contributed by atoms with Crippen LogP contribution in [0.3, 0.4) is 0 Å². The third-order valence-electron chi connectivity index (χ3n) is 9.88. The summed E-state index contributed by atoms with van der Waals surface area (Å²) in [6.07, 6.45) is 12.2. The summed E-state index contributed by atoms with van der Waals surface area (Å²) in [5, 5.41) is 0. The molecule has 5 nitrogen and oxygen atoms in total. The standard InChI is InChI=1S/C25H42N2O3/c1-24-12-10-17(30-23(29)21(27)5-3-4-14-26)15-16(24)6-7-18-19-8-9-22(28)25(19,2)13-11-20(18)24/h16-21H,3-15,26-27H2,1-2H3/t16?,17-,18-,19-,20-,21-,24-,25-/m0/s1. The molecule has 1 unspecified atom stereocenters. The second-order valence-corrected chi connectivity index (χ2v) is 11.3. The van der Waals surface area contributed by atoms with Crippen molar-refractivity contribution in [3.63, 3.8) is 0 Å². The van der Waals surface area contributed by atoms with Crippen molar-refractivity contribution in [3.8, 4) is 0 Å². The SMILES string of the molecule is C[C@]12CC[C@H](OC(=O)[C@@H](N)CCCCN)CC1CC[C@@H]1[C@@H]2CC[C@]2(C)C(=O)CC[C@@H]12. The molecule has 0 heterocycles. The minimum atomic E-state index is -0.517. The van der Waals surface area contributed by atoms with Crippen LogP contribution in [0.2, 0.25) is 0 Å². The Labute approximate surface area is 182 Å². The van der Waals surface area contributed by atoms with E-state index in [1.807, 2.05) is 0 Å². The molecule has 0 aromatic heterocycles. The highest BCUT2D eigenvalue weighted by atomic mass is 16.5. The maximum atomic E-state index is 12.6. The van der Waals surface area contributed by atoms with Gasteiger partial charge in [0, 0.05) is 11.8 Å². The minimum absolute atomic E-state index is 0.0228. The van der Waals surface area contributed by atoms with Gasteiger partial charge >= 0.3 is 5.97 Å². The normalized spacial score (nSPS) is 44.0. The maximum absolute atomic E-state index is 12.6. The van der Waals surface area contributed by atoms with E-state index >= 15 is 0 Å². The van der Waals surface area contributed by atoms with Gasteiger partial charge in [-0.05, 0) is 99.8 Å². The smallest absolute Gasteiger partial charge is 0.323 e. The lowest BCUT2D eigenvalue weighted by atomic mass is 9.45. The number of esters is 1. The Balaban J connectivity index is 1.37. The first-order chi connectivity index (χ1) is 14.3. The molecule has 0 bridgehead atoms. The molecule has 0 spiro atoms. The average Bonchev–Trinajstić information content (AvgIpc) is 3.03. The second-order valence-electron chi connectivity index (χ2n) is 11.3. The first-order valence-electron chi connectivity index (χ1n) is 12.5. The van der Waals surface area contributed by atoms with E-state index in [0.29, 0.717) is 41.9 Å². The fourth-order valence-corrected chi connectivity index (χ4v) is 7.97. The van der Waals surface area contributed by atoms with E-state index in [0.717, 1.165) is 57.3 Å². The van der Waals surface area contributed by atoms with Crippen LogP contribution in [0, 0.1) is 34.5 Å². The lowest BCUT2D eigenvalue weighted by Crippen LogP contribution is -2.54. The largest absolute Gasteiger partial charge is 0.461 e. The molecule has 0 amide bonds. The van der Waals surface area contributed by atoms with E-state index in [9.17, 15) is 9.59 Å². The van der Waals surface area contributed by atoms with Crippen molar-refractivity contribution in [3.05, 3.63) is 0 Å². The number of ketones is 1. The van der Waals surface area contributed by atoms with Gasteiger partial charge in [-0.1, -0.05) is 20.3 Å². The van der Waals surface area contributed by atoms with Crippen molar-refractivity contribution >= 4 is 11.8 Å². The Bertz CT molecular complexity index is 667. The van der Waals surface area contributed by atoms with E-state index in [4.69, 9.17) is 16.2 Å². The molecule has 4 saturated carbocycles. The summed E-state index contributed by atoms with van der Waals surface area (Å²) in [5.74, 6) is 2.97. The Morgan fingerprint density at radius 2 is 1.90 bits per heavy atom. The molecular formula is C25H42N2O3. The quantitative estimate of drug-likeness (QED) is 0.503. The van der Waals surface area contributed by atoms with Crippen LogP contribution < -0.4 is 11.5 Å². The number of Topliss-reactive ketones (excluding diaryl/α,β-unsaturated/α-hetero) is 1. The predicted octanol–water partition coefficient (Wildman–Crippen LogP) is 3.97. The number of fused-ring (bicyclic) bond motifs is 5. The van der Waals surface area contributed by atoms with Crippen LogP contribution in [0.4, 0.5) is 0 Å². The fraction of sp³-hybridized carbons (Fsp3) is 0.920. The molecule has 5 heteroatoms. The molecule has 4 N–H and O–H groups in total. The zero-order chi connectivity index (χ0) is 21.5. The summed E-state index contributed by atoms with van der Waals surface area (Å²) in [5.41, 5.74) is 11.9. The molecule has 4 aliphatic carbocycles. The van der Waals surface area contributed by atoms with Gasteiger partial charge < -0.3 is 16.2 Å². The number of carbonyl (C=O) groups excluding carboxylic acids is 2. The van der Waals surface area contributed by atoms with E-state index < -0.39 is 6.04 Å². The number of hydrogen-bond acceptors (Lipinski definition) is 5. The first-order valence-corrected chi connectivity index (χ1v) is 12.5. The van der Waals surface area contributed by atoms with E-state index in [-0.39, 0.29) is 17.5 Å². The molecule has 30 heavy (non-hydrogen) atoms. The van der Waals surface area contributed by atoms with Gasteiger partial charge in [0.15, 0.2) is 0 Å². The number of ether oxygens (including phenoxy) is 1. The van der Waals surface area contributed by atoms with Crippen LogP contribution in [0.25, 0.3) is 0 Å². The van der Waals surface area contributed by atoms with Crippen LogP contribution in [-0.2, 0) is 14.3 Å². The average molecular weight is 419 g/mol. The van der Waals surface area contributed by atoms with Crippen molar-refractivity contribution in [1.82, 2.24) is 0 Å². The molecule has 0 aromatic rings. The molecule has 4 fully saturated rings. The third-order valence-corrected chi connectivity index (χ3v) is 9.88. The Kier molecular flexibility index (Phi) is 6.33. The van der Waals surface area contributed by atoms with Gasteiger partial charge in [0.1, 0.15) is 17.9 Å². The second kappa shape index (κ2) is 8.54. The molecular weight excluding hydrogens is 376 g/mol. The lowest BCUT2D eigenvalue weighted by molar-refractivity contribution is -0.163. The molecule has 0 saturated heterocycles. The number of carbonyl (C=O) groups is 2. The van der Waals surface area contributed by atoms with Crippen molar-refractivity contribution in [2.45, 2.75) is 103 Å². The molecule has 4 rings (SSSR count). The van der Waals surface area contributed by atoms with Crippen LogP contribution >= 0.6 is 0 Å². The van der Waals surface area contributed by atoms with E-state index in [2.05, 4.69) is 13.8 Å². The summed E-state index contributed by atoms with van der Waals surface area (Å²) in [4.78, 5) is 25.0. The third kappa shape index (κ3) is 3.74. The highest BCUT2D eigenvalue weighted by Crippen LogP contribution is 2.65. The molecule has 170 valence electrons. The first kappa shape index (κ1) is 22.3. The zero-order valence-corrected chi connectivity index (χ0v) is 19.0. The van der Waals surface area contributed by atoms with Crippen molar-refractivity contribution < 1.29 is 14.3 Å². The fourth-order valence-electron chi connectivity index (χ4n) is 7.97. The van der Waals surface area contributed by atoms with Crippen molar-refractivity contribution in [2.24, 2.45) is 46.0 Å². The monoisotopic (exact) mass is 418 g/mol. The highest BCUT2D eigenvalue weighted by Gasteiger charge is 2.60. The Morgan fingerprint density at radius 3 is 2.67 bits per heavy atom. The van der Waals surface area contributed by atoms with Gasteiger partial charge in [0.05, 0.1) is 0 Å². The number of hydrogen-bond donors (Lipinski definition) is 2. The van der Waals surface area contributed by atoms with E-state index in [1.54, 1.807) is 0 Å². The molecule has 0 aliphatic heterocycles. The van der Waals surface area contributed by atoms with Gasteiger partial charge in [0.25, 0.3) is 0 Å². The summed E-state index contributed by atoms with van der Waals surface area (Å²) >= 11 is 0. The van der Waals surface area contributed by atoms with Gasteiger partial charge in [-0.3, -0.25) is 9.59 Å². The van der Waals surface area contributed by atoms with Crippen LogP contribution in [-0.4, -0.2) is 30.4 Å². The molecule has 0 aromatic carbocycles. The van der Waals surface area contributed by atoms with Crippen molar-refractivity contribution in [1.29, 1.82) is 0 Å². The van der Waals surface area contributed by atoms with E-state index in [1.165, 1.54) is 19.3 Å². The summed E-state index contributed by atoms with van der Waals surface area (Å²) < 4.78 is 5.87. The van der Waals surface area contributed by atoms with Crippen molar-refractivity contribution in [2.75, 3.05) is 6.54 Å². The van der Waals surface area contributed by atoms with Gasteiger partial charge in [-0.15, -0.1) is 0 Å². The van der Waals surface area contributed by atoms with Gasteiger partial charge in [0.2, 0.25) is 0 Å². The predicted molar refractivity (Wildman–Crippen MR) is 117 cm³/mol. The topological polar surface area (TPSA) is 95.4 Å². The number of unbranched alkanes of at least 4 members (excludes halogenated alkanes) is 1. The molecule has 4 aliphatic rings. The Morgan fingerprint density at radius 1 is 1.10 bits per heavy atom. The minimum Gasteiger partial charge on any atom is -0.461 e. The number of rotatable bonds is 6. The maximum Gasteiger partial charge on any atom is 0.323 e. The van der Waals surface area contributed by atoms with Gasteiger partial charge in [-0.25, -0.2) is 0 Å². The van der Waals surface area contributed by atoms with Crippen LogP contribution in [0.5, 0.6) is 0 Å². The molecule has 8 atom stereocenters. The van der Waals surface area contributed by atoms with Crippen LogP contribution in [0.15, 0.2) is 0 Å². The van der Waals surface area contributed by atoms with Gasteiger partial charge in [-0.2, -0.15) is 0 Å².